The first-order valence-electron chi connectivity index (χ1n) is 6.42. The molecule has 1 aliphatic rings. The number of aliphatic hydroxyl groups is 1. The van der Waals surface area contributed by atoms with E-state index in [2.05, 4.69) is 0 Å². The van der Waals surface area contributed by atoms with Crippen LogP contribution >= 0.6 is 0 Å². The van der Waals surface area contributed by atoms with E-state index in [9.17, 15) is 9.90 Å². The number of carbonyl (C=O) groups excluding carboxylic acids is 1. The Bertz CT molecular complexity index is 419. The van der Waals surface area contributed by atoms with Crippen LogP contribution in [0.1, 0.15) is 42.5 Å². The summed E-state index contributed by atoms with van der Waals surface area (Å²) in [5.41, 5.74) is 5.67. The molecule has 2 unspecified atom stereocenters. The van der Waals surface area contributed by atoms with Gasteiger partial charge in [-0.05, 0) is 31.4 Å². The maximum atomic E-state index is 11.3. The molecule has 98 valence electrons. The molecular weight excluding hydrogens is 230 g/mol. The summed E-state index contributed by atoms with van der Waals surface area (Å²) in [5.74, 6) is -0.0374. The Morgan fingerprint density at radius 1 is 1.22 bits per heavy atom. The zero-order chi connectivity index (χ0) is 13.0. The van der Waals surface area contributed by atoms with Gasteiger partial charge >= 0.3 is 0 Å². The molecule has 18 heavy (non-hydrogen) atoms. The molecule has 0 heterocycles. The predicted molar refractivity (Wildman–Crippen MR) is 68.5 cm³/mol. The Morgan fingerprint density at radius 2 is 1.94 bits per heavy atom. The van der Waals surface area contributed by atoms with Crippen molar-refractivity contribution in [2.24, 2.45) is 5.73 Å². The summed E-state index contributed by atoms with van der Waals surface area (Å²) >= 11 is 0. The molecule has 0 saturated heterocycles. The maximum absolute atomic E-state index is 11.3. The number of amides is 1. The Kier molecular flexibility index (Phi) is 4.20. The normalized spacial score (nSPS) is 24.3. The van der Waals surface area contributed by atoms with Crippen LogP contribution in [-0.2, 0) is 0 Å². The van der Waals surface area contributed by atoms with E-state index in [0.717, 1.165) is 32.1 Å². The van der Waals surface area contributed by atoms with Crippen molar-refractivity contribution in [3.63, 3.8) is 0 Å². The van der Waals surface area contributed by atoms with Gasteiger partial charge in [0, 0.05) is 0 Å². The third-order valence-electron chi connectivity index (χ3n) is 3.35. The monoisotopic (exact) mass is 249 g/mol. The van der Waals surface area contributed by atoms with E-state index in [1.807, 2.05) is 0 Å². The van der Waals surface area contributed by atoms with Gasteiger partial charge in [0.2, 0.25) is 0 Å². The highest BCUT2D eigenvalue weighted by molar-refractivity contribution is 5.95. The average Bonchev–Trinajstić information content (AvgIpc) is 2.55. The number of carbonyl (C=O) groups is 1. The minimum Gasteiger partial charge on any atom is -0.487 e. The fourth-order valence-electron chi connectivity index (χ4n) is 2.33. The number of para-hydroxylation sites is 1. The molecule has 4 heteroatoms. The van der Waals surface area contributed by atoms with Gasteiger partial charge in [-0.2, -0.15) is 0 Å². The first kappa shape index (κ1) is 12.9. The molecule has 4 nitrogen and oxygen atoms in total. The molecule has 0 bridgehead atoms. The van der Waals surface area contributed by atoms with Crippen LogP contribution in [0.15, 0.2) is 24.3 Å². The molecule has 2 atom stereocenters. The van der Waals surface area contributed by atoms with Gasteiger partial charge < -0.3 is 15.6 Å². The summed E-state index contributed by atoms with van der Waals surface area (Å²) in [6.07, 6.45) is 4.05. The summed E-state index contributed by atoms with van der Waals surface area (Å²) in [5, 5.41) is 10.00. The molecule has 1 saturated carbocycles. The van der Waals surface area contributed by atoms with E-state index in [0.29, 0.717) is 11.3 Å². The van der Waals surface area contributed by atoms with E-state index in [1.54, 1.807) is 24.3 Å². The third kappa shape index (κ3) is 3.01. The largest absolute Gasteiger partial charge is 0.487 e. The highest BCUT2D eigenvalue weighted by Gasteiger charge is 2.24. The van der Waals surface area contributed by atoms with Crippen LogP contribution in [0.4, 0.5) is 0 Å². The first-order valence-corrected chi connectivity index (χ1v) is 6.42. The zero-order valence-corrected chi connectivity index (χ0v) is 10.3. The summed E-state index contributed by atoms with van der Waals surface area (Å²) in [6, 6.07) is 6.90. The molecule has 0 aromatic heterocycles. The second-order valence-corrected chi connectivity index (χ2v) is 4.72. The van der Waals surface area contributed by atoms with Crippen LogP contribution in [-0.4, -0.2) is 23.2 Å². The maximum Gasteiger partial charge on any atom is 0.252 e. The number of hydrogen-bond acceptors (Lipinski definition) is 3. The molecule has 0 spiro atoms. The van der Waals surface area contributed by atoms with Gasteiger partial charge in [-0.25, -0.2) is 0 Å². The van der Waals surface area contributed by atoms with Gasteiger partial charge in [0.25, 0.3) is 5.91 Å². The molecule has 1 fully saturated rings. The SMILES string of the molecule is NC(=O)c1ccccc1OC1CCCCCC1O. The van der Waals surface area contributed by atoms with E-state index in [1.165, 1.54) is 0 Å². The van der Waals surface area contributed by atoms with Gasteiger partial charge in [-0.3, -0.25) is 4.79 Å². The van der Waals surface area contributed by atoms with Crippen molar-refractivity contribution in [3.8, 4) is 5.75 Å². The minimum absolute atomic E-state index is 0.243. The average molecular weight is 249 g/mol. The van der Waals surface area contributed by atoms with Crippen molar-refractivity contribution in [2.45, 2.75) is 44.3 Å². The van der Waals surface area contributed by atoms with Gasteiger partial charge in [-0.15, -0.1) is 0 Å². The predicted octanol–water partition coefficient (Wildman–Crippen LogP) is 1.86. The Morgan fingerprint density at radius 3 is 2.72 bits per heavy atom. The molecule has 1 aromatic rings. The molecule has 1 aliphatic carbocycles. The first-order chi connectivity index (χ1) is 8.68. The molecule has 1 aromatic carbocycles. The van der Waals surface area contributed by atoms with Crippen LogP contribution in [0.5, 0.6) is 5.75 Å². The molecule has 2 rings (SSSR count). The number of aliphatic hydroxyl groups excluding tert-OH is 1. The lowest BCUT2D eigenvalue weighted by atomic mass is 10.1. The highest BCUT2D eigenvalue weighted by atomic mass is 16.5. The van der Waals surface area contributed by atoms with Crippen molar-refractivity contribution in [2.75, 3.05) is 0 Å². The van der Waals surface area contributed by atoms with Crippen LogP contribution in [0.3, 0.4) is 0 Å². The van der Waals surface area contributed by atoms with Crippen molar-refractivity contribution in [3.05, 3.63) is 29.8 Å². The number of nitrogens with two attached hydrogens (primary N) is 1. The van der Waals surface area contributed by atoms with Crippen molar-refractivity contribution in [1.82, 2.24) is 0 Å². The molecule has 0 aliphatic heterocycles. The van der Waals surface area contributed by atoms with E-state index in [4.69, 9.17) is 10.5 Å². The molecule has 3 N–H and O–H groups in total. The van der Waals surface area contributed by atoms with E-state index in [-0.39, 0.29) is 6.10 Å². The fraction of sp³-hybridized carbons (Fsp3) is 0.500. The number of primary amides is 1. The quantitative estimate of drug-likeness (QED) is 0.803. The summed E-state index contributed by atoms with van der Waals surface area (Å²) in [4.78, 5) is 11.3. The second-order valence-electron chi connectivity index (χ2n) is 4.72. The number of ether oxygens (including phenoxy) is 1. The summed E-state index contributed by atoms with van der Waals surface area (Å²) < 4.78 is 5.79. The zero-order valence-electron chi connectivity index (χ0n) is 10.3. The standard InChI is InChI=1S/C14H19NO3/c15-14(17)10-6-4-5-8-12(10)18-13-9-3-1-2-7-11(13)16/h4-6,8,11,13,16H,1-3,7,9H2,(H2,15,17). The van der Waals surface area contributed by atoms with Crippen LogP contribution < -0.4 is 10.5 Å². The number of hydrogen-bond donors (Lipinski definition) is 2. The van der Waals surface area contributed by atoms with Gasteiger partial charge in [0.15, 0.2) is 0 Å². The van der Waals surface area contributed by atoms with Crippen molar-refractivity contribution >= 4 is 5.91 Å². The summed E-state index contributed by atoms with van der Waals surface area (Å²) in [6.45, 7) is 0. The lowest BCUT2D eigenvalue weighted by Crippen LogP contribution is -2.31. The van der Waals surface area contributed by atoms with Crippen LogP contribution in [0, 0.1) is 0 Å². The Labute approximate surface area is 107 Å². The topological polar surface area (TPSA) is 72.6 Å². The second kappa shape index (κ2) is 5.87. The molecule has 1 amide bonds. The number of benzene rings is 1. The fourth-order valence-corrected chi connectivity index (χ4v) is 2.33. The van der Waals surface area contributed by atoms with Crippen molar-refractivity contribution in [1.29, 1.82) is 0 Å². The van der Waals surface area contributed by atoms with E-state index >= 15 is 0 Å². The van der Waals surface area contributed by atoms with Crippen LogP contribution in [0.25, 0.3) is 0 Å². The lowest BCUT2D eigenvalue weighted by molar-refractivity contribution is 0.0314. The highest BCUT2D eigenvalue weighted by Crippen LogP contribution is 2.25. The number of rotatable bonds is 3. The van der Waals surface area contributed by atoms with Gasteiger partial charge in [-0.1, -0.05) is 25.0 Å². The summed E-state index contributed by atoms with van der Waals surface area (Å²) in [7, 11) is 0. The Hall–Kier alpha value is -1.55. The molecular formula is C14H19NO3. The smallest absolute Gasteiger partial charge is 0.252 e. The van der Waals surface area contributed by atoms with Gasteiger partial charge in [0.1, 0.15) is 11.9 Å². The van der Waals surface area contributed by atoms with E-state index < -0.39 is 12.0 Å². The van der Waals surface area contributed by atoms with Gasteiger partial charge in [0.05, 0.1) is 11.7 Å². The lowest BCUT2D eigenvalue weighted by Gasteiger charge is -2.23. The van der Waals surface area contributed by atoms with Crippen molar-refractivity contribution < 1.29 is 14.6 Å². The van der Waals surface area contributed by atoms with Crippen LogP contribution in [0.2, 0.25) is 0 Å². The molecule has 0 radical (unpaired) electrons. The Balaban J connectivity index is 2.14. The minimum atomic E-state index is -0.506. The third-order valence-corrected chi connectivity index (χ3v) is 3.35.